The summed E-state index contributed by atoms with van der Waals surface area (Å²) in [5.41, 5.74) is 0.819. The summed E-state index contributed by atoms with van der Waals surface area (Å²) in [6.45, 7) is 4.08. The van der Waals surface area contributed by atoms with E-state index in [1.807, 2.05) is 19.3 Å². The van der Waals surface area contributed by atoms with Crippen LogP contribution in [0.25, 0.3) is 0 Å². The van der Waals surface area contributed by atoms with Crippen LogP contribution in [0, 0.1) is 0 Å². The molecule has 0 saturated heterocycles. The predicted octanol–water partition coefficient (Wildman–Crippen LogP) is 2.23. The van der Waals surface area contributed by atoms with Crippen molar-refractivity contribution in [3.05, 3.63) is 11.6 Å². The molecule has 1 radical (unpaired) electrons. The first-order valence-corrected chi connectivity index (χ1v) is 3.42. The molecule has 0 atom stereocenters. The van der Waals surface area contributed by atoms with Crippen LogP contribution < -0.4 is 0 Å². The molecule has 0 aliphatic carbocycles. The van der Waals surface area contributed by atoms with Crippen LogP contribution in [-0.2, 0) is 4.79 Å². The Labute approximate surface area is 56.8 Å². The number of allylic oxidation sites excluding steroid dienone is 2. The van der Waals surface area contributed by atoms with Crippen LogP contribution in [0.5, 0.6) is 0 Å². The lowest BCUT2D eigenvalue weighted by Gasteiger charge is -1.91. The Morgan fingerprint density at radius 3 is 2.56 bits per heavy atom. The molecule has 0 fully saturated rings. The van der Waals surface area contributed by atoms with Gasteiger partial charge in [0.25, 0.3) is 0 Å². The highest BCUT2D eigenvalue weighted by Crippen LogP contribution is 2.01. The number of rotatable bonds is 4. The third-order valence-corrected chi connectivity index (χ3v) is 1.10. The minimum absolute atomic E-state index is 0.819. The maximum atomic E-state index is 10.1. The fraction of sp³-hybridized carbons (Fsp3) is 0.625. The van der Waals surface area contributed by atoms with Crippen molar-refractivity contribution in [1.82, 2.24) is 0 Å². The van der Waals surface area contributed by atoms with E-state index in [1.165, 1.54) is 0 Å². The summed E-state index contributed by atoms with van der Waals surface area (Å²) in [5.74, 6) is 0. The number of carbonyl (C=O) groups excluding carboxylic acids is 1. The van der Waals surface area contributed by atoms with E-state index in [0.717, 1.165) is 24.8 Å². The first kappa shape index (κ1) is 8.41. The van der Waals surface area contributed by atoms with Crippen molar-refractivity contribution in [3.63, 3.8) is 0 Å². The van der Waals surface area contributed by atoms with E-state index < -0.39 is 0 Å². The van der Waals surface area contributed by atoms with Crippen molar-refractivity contribution in [1.29, 1.82) is 0 Å². The van der Waals surface area contributed by atoms with Crippen LogP contribution in [0.4, 0.5) is 0 Å². The van der Waals surface area contributed by atoms with E-state index in [9.17, 15) is 4.79 Å². The molecule has 0 unspecified atom stereocenters. The van der Waals surface area contributed by atoms with Crippen molar-refractivity contribution < 1.29 is 4.79 Å². The van der Waals surface area contributed by atoms with Gasteiger partial charge in [0.2, 0.25) is 6.29 Å². The summed E-state index contributed by atoms with van der Waals surface area (Å²) in [6.07, 6.45) is 6.68. The molecular formula is C8H13O. The summed E-state index contributed by atoms with van der Waals surface area (Å²) in [4.78, 5) is 10.1. The highest BCUT2D eigenvalue weighted by molar-refractivity contribution is 5.73. The SMILES string of the molecule is CCC=C([C]=O)CCC. The third-order valence-electron chi connectivity index (χ3n) is 1.10. The Kier molecular flexibility index (Phi) is 5.18. The standard InChI is InChI=1S/C8H13O/c1-3-5-8(7-9)6-4-2/h5H,3-4,6H2,1-2H3. The number of hydrogen-bond acceptors (Lipinski definition) is 1. The van der Waals surface area contributed by atoms with Crippen molar-refractivity contribution in [2.75, 3.05) is 0 Å². The fourth-order valence-corrected chi connectivity index (χ4v) is 0.710. The molecule has 1 nitrogen and oxygen atoms in total. The molecule has 0 rings (SSSR count). The van der Waals surface area contributed by atoms with Gasteiger partial charge in [0.15, 0.2) is 0 Å². The van der Waals surface area contributed by atoms with Crippen molar-refractivity contribution in [3.8, 4) is 0 Å². The second kappa shape index (κ2) is 5.54. The Hall–Kier alpha value is -0.590. The second-order valence-corrected chi connectivity index (χ2v) is 1.99. The first-order valence-electron chi connectivity index (χ1n) is 3.42. The largest absolute Gasteiger partial charge is 0.285 e. The summed E-state index contributed by atoms with van der Waals surface area (Å²) in [7, 11) is 0. The van der Waals surface area contributed by atoms with Gasteiger partial charge in [0.1, 0.15) is 0 Å². The summed E-state index contributed by atoms with van der Waals surface area (Å²) >= 11 is 0. The average molecular weight is 125 g/mol. The van der Waals surface area contributed by atoms with Gasteiger partial charge in [-0.3, -0.25) is 4.79 Å². The molecule has 0 aromatic rings. The van der Waals surface area contributed by atoms with E-state index in [-0.39, 0.29) is 0 Å². The normalized spacial score (nSPS) is 11.6. The van der Waals surface area contributed by atoms with Gasteiger partial charge in [-0.05, 0) is 18.4 Å². The monoisotopic (exact) mass is 125 g/mol. The van der Waals surface area contributed by atoms with Crippen LogP contribution in [0.2, 0.25) is 0 Å². The van der Waals surface area contributed by atoms with Crippen LogP contribution in [-0.4, -0.2) is 6.29 Å². The van der Waals surface area contributed by atoms with Gasteiger partial charge in [-0.15, -0.1) is 0 Å². The highest BCUT2D eigenvalue weighted by atomic mass is 16.1. The molecule has 0 aromatic carbocycles. The molecule has 0 amide bonds. The predicted molar refractivity (Wildman–Crippen MR) is 39.0 cm³/mol. The Morgan fingerprint density at radius 2 is 2.22 bits per heavy atom. The molecule has 9 heavy (non-hydrogen) atoms. The summed E-state index contributed by atoms with van der Waals surface area (Å²) < 4.78 is 0. The van der Waals surface area contributed by atoms with E-state index in [1.54, 1.807) is 0 Å². The van der Waals surface area contributed by atoms with Crippen LogP contribution >= 0.6 is 0 Å². The van der Waals surface area contributed by atoms with E-state index >= 15 is 0 Å². The van der Waals surface area contributed by atoms with Crippen LogP contribution in [0.3, 0.4) is 0 Å². The summed E-state index contributed by atoms with van der Waals surface area (Å²) in [6, 6.07) is 0. The molecule has 0 saturated carbocycles. The van der Waals surface area contributed by atoms with Gasteiger partial charge in [-0.25, -0.2) is 0 Å². The molecule has 0 aromatic heterocycles. The maximum absolute atomic E-state index is 10.1. The lowest BCUT2D eigenvalue weighted by Crippen LogP contribution is -1.82. The first-order chi connectivity index (χ1) is 4.35. The average Bonchev–Trinajstić information content (AvgIpc) is 1.88. The van der Waals surface area contributed by atoms with Crippen LogP contribution in [0.15, 0.2) is 11.6 Å². The van der Waals surface area contributed by atoms with Gasteiger partial charge in [-0.2, -0.15) is 0 Å². The third kappa shape index (κ3) is 3.95. The van der Waals surface area contributed by atoms with Crippen molar-refractivity contribution in [2.45, 2.75) is 33.1 Å². The van der Waals surface area contributed by atoms with Gasteiger partial charge in [0.05, 0.1) is 0 Å². The van der Waals surface area contributed by atoms with Gasteiger partial charge >= 0.3 is 0 Å². The lowest BCUT2D eigenvalue weighted by molar-refractivity contribution is 0.559. The molecule has 0 bridgehead atoms. The summed E-state index contributed by atoms with van der Waals surface area (Å²) in [5, 5.41) is 0. The lowest BCUT2D eigenvalue weighted by atomic mass is 10.1. The Morgan fingerprint density at radius 1 is 1.56 bits per heavy atom. The van der Waals surface area contributed by atoms with Crippen LogP contribution in [0.1, 0.15) is 33.1 Å². The molecule has 1 heteroatoms. The maximum Gasteiger partial charge on any atom is 0.228 e. The topological polar surface area (TPSA) is 17.1 Å². The fourth-order valence-electron chi connectivity index (χ4n) is 0.710. The second-order valence-electron chi connectivity index (χ2n) is 1.99. The zero-order chi connectivity index (χ0) is 7.11. The van der Waals surface area contributed by atoms with E-state index in [2.05, 4.69) is 6.92 Å². The molecule has 51 valence electrons. The number of hydrogen-bond donors (Lipinski definition) is 0. The molecule has 0 aliphatic rings. The van der Waals surface area contributed by atoms with Crippen molar-refractivity contribution in [2.24, 2.45) is 0 Å². The minimum atomic E-state index is 0.819. The van der Waals surface area contributed by atoms with E-state index in [0.29, 0.717) is 0 Å². The van der Waals surface area contributed by atoms with Gasteiger partial charge in [0, 0.05) is 0 Å². The Balaban J connectivity index is 3.66. The van der Waals surface area contributed by atoms with E-state index in [4.69, 9.17) is 0 Å². The molecule has 0 aliphatic heterocycles. The highest BCUT2D eigenvalue weighted by Gasteiger charge is 1.90. The smallest absolute Gasteiger partial charge is 0.228 e. The minimum Gasteiger partial charge on any atom is -0.285 e. The van der Waals surface area contributed by atoms with Gasteiger partial charge < -0.3 is 0 Å². The molecular weight excluding hydrogens is 112 g/mol. The molecule has 0 N–H and O–H groups in total. The zero-order valence-electron chi connectivity index (χ0n) is 6.11. The van der Waals surface area contributed by atoms with Crippen molar-refractivity contribution >= 4 is 6.29 Å². The molecule has 0 heterocycles. The van der Waals surface area contributed by atoms with Gasteiger partial charge in [-0.1, -0.05) is 26.3 Å². The quantitative estimate of drug-likeness (QED) is 0.526. The Bertz CT molecular complexity index is 103. The zero-order valence-corrected chi connectivity index (χ0v) is 6.11. The molecule has 0 spiro atoms.